The molecule has 1 fully saturated rings. The molecule has 0 bridgehead atoms. The van der Waals surface area contributed by atoms with Gasteiger partial charge in [0.1, 0.15) is 0 Å². The second kappa shape index (κ2) is 5.09. The van der Waals surface area contributed by atoms with Crippen LogP contribution in [0.25, 0.3) is 0 Å². The normalized spacial score (nSPS) is 23.3. The van der Waals surface area contributed by atoms with Crippen LogP contribution in [0.2, 0.25) is 0 Å². The zero-order valence-electron chi connectivity index (χ0n) is 10.6. The number of hydrogen-bond donors (Lipinski definition) is 0. The van der Waals surface area contributed by atoms with E-state index in [-0.39, 0.29) is 40.6 Å². The van der Waals surface area contributed by atoms with Crippen molar-refractivity contribution in [3.63, 3.8) is 0 Å². The molecule has 0 radical (unpaired) electrons. The van der Waals surface area contributed by atoms with E-state index >= 15 is 0 Å². The van der Waals surface area contributed by atoms with Crippen molar-refractivity contribution < 1.29 is 2.85 Å². The maximum absolute atomic E-state index is 4.73. The SMILES string of the molecule is [Ca+2].[H-].[H-].c1ccc([C@H]2CN3CCSC3=N2)cc1. The molecule has 2 nitrogen and oxygen atoms in total. The first-order valence-corrected chi connectivity index (χ1v) is 5.92. The van der Waals surface area contributed by atoms with Crippen molar-refractivity contribution in [1.82, 2.24) is 4.90 Å². The molecule has 1 atom stereocenters. The Morgan fingerprint density at radius 1 is 1.33 bits per heavy atom. The smallest absolute Gasteiger partial charge is 1.00 e. The summed E-state index contributed by atoms with van der Waals surface area (Å²) in [5.41, 5.74) is 1.34. The fourth-order valence-electron chi connectivity index (χ4n) is 1.96. The molecule has 1 aromatic rings. The Morgan fingerprint density at radius 2 is 2.13 bits per heavy atom. The second-order valence-corrected chi connectivity index (χ2v) is 4.69. The Balaban J connectivity index is 0.000000853. The Hall–Kier alpha value is 0.300. The molecule has 15 heavy (non-hydrogen) atoms. The molecular weight excluding hydrogens is 232 g/mol. The third-order valence-corrected chi connectivity index (χ3v) is 3.72. The number of amidine groups is 1. The van der Waals surface area contributed by atoms with Gasteiger partial charge in [0, 0.05) is 18.8 Å². The Kier molecular flexibility index (Phi) is 3.99. The van der Waals surface area contributed by atoms with Gasteiger partial charge in [-0.25, -0.2) is 0 Å². The van der Waals surface area contributed by atoms with E-state index in [0.717, 1.165) is 6.54 Å². The molecule has 0 aromatic heterocycles. The largest absolute Gasteiger partial charge is 2.00 e. The fourth-order valence-corrected chi connectivity index (χ4v) is 3.00. The number of hydrogen-bond acceptors (Lipinski definition) is 3. The number of fused-ring (bicyclic) bond motifs is 1. The van der Waals surface area contributed by atoms with Crippen LogP contribution in [0.4, 0.5) is 0 Å². The summed E-state index contributed by atoms with van der Waals surface area (Å²) in [6.07, 6.45) is 0. The van der Waals surface area contributed by atoms with Crippen LogP contribution in [0, 0.1) is 0 Å². The quantitative estimate of drug-likeness (QED) is 0.704. The van der Waals surface area contributed by atoms with E-state index in [1.165, 1.54) is 23.0 Å². The van der Waals surface area contributed by atoms with Gasteiger partial charge in [0.05, 0.1) is 6.04 Å². The van der Waals surface area contributed by atoms with Crippen LogP contribution in [-0.4, -0.2) is 66.6 Å². The molecule has 0 N–H and O–H groups in total. The minimum Gasteiger partial charge on any atom is -1.00 e. The molecule has 76 valence electrons. The first kappa shape index (κ1) is 11.8. The Bertz CT molecular complexity index is 375. The summed E-state index contributed by atoms with van der Waals surface area (Å²) in [5.74, 6) is 1.21. The predicted molar refractivity (Wildman–Crippen MR) is 68.6 cm³/mol. The van der Waals surface area contributed by atoms with E-state index < -0.39 is 0 Å². The van der Waals surface area contributed by atoms with Gasteiger partial charge in [-0.2, -0.15) is 0 Å². The summed E-state index contributed by atoms with van der Waals surface area (Å²) in [4.78, 5) is 7.12. The molecule has 2 aliphatic heterocycles. The van der Waals surface area contributed by atoms with Crippen molar-refractivity contribution >= 4 is 54.7 Å². The average Bonchev–Trinajstić information content (AvgIpc) is 2.78. The maximum atomic E-state index is 4.73. The van der Waals surface area contributed by atoms with Crippen molar-refractivity contribution in [2.75, 3.05) is 18.8 Å². The number of thioether (sulfide) groups is 1. The summed E-state index contributed by atoms with van der Waals surface area (Å²) < 4.78 is 0. The van der Waals surface area contributed by atoms with Gasteiger partial charge in [-0.1, -0.05) is 42.1 Å². The zero-order valence-corrected chi connectivity index (χ0v) is 11.6. The van der Waals surface area contributed by atoms with Crippen LogP contribution < -0.4 is 0 Å². The van der Waals surface area contributed by atoms with Crippen LogP contribution >= 0.6 is 11.8 Å². The summed E-state index contributed by atoms with van der Waals surface area (Å²) in [5, 5.41) is 1.25. The molecule has 0 aliphatic carbocycles. The topological polar surface area (TPSA) is 15.6 Å². The average molecular weight is 246 g/mol. The molecule has 1 saturated heterocycles. The van der Waals surface area contributed by atoms with Gasteiger partial charge in [0.25, 0.3) is 0 Å². The van der Waals surface area contributed by atoms with Gasteiger partial charge < -0.3 is 7.75 Å². The molecule has 4 heteroatoms. The Labute approximate surface area is 127 Å². The van der Waals surface area contributed by atoms with E-state index in [1.807, 2.05) is 11.8 Å². The van der Waals surface area contributed by atoms with Crippen LogP contribution in [0.15, 0.2) is 35.3 Å². The van der Waals surface area contributed by atoms with Gasteiger partial charge in [-0.3, -0.25) is 4.99 Å². The fraction of sp³-hybridized carbons (Fsp3) is 0.364. The number of benzene rings is 1. The van der Waals surface area contributed by atoms with Gasteiger partial charge in [0.15, 0.2) is 5.17 Å². The number of aliphatic imine (C=N–C) groups is 1. The molecule has 1 aromatic carbocycles. The predicted octanol–water partition coefficient (Wildman–Crippen LogP) is 1.99. The molecule has 2 heterocycles. The van der Waals surface area contributed by atoms with Gasteiger partial charge in [0.2, 0.25) is 0 Å². The molecule has 0 amide bonds. The molecule has 0 saturated carbocycles. The van der Waals surface area contributed by atoms with Crippen LogP contribution in [-0.2, 0) is 0 Å². The van der Waals surface area contributed by atoms with Crippen molar-refractivity contribution in [2.45, 2.75) is 6.04 Å². The third kappa shape index (κ3) is 2.36. The molecule has 0 unspecified atom stereocenters. The first-order valence-electron chi connectivity index (χ1n) is 4.94. The van der Waals surface area contributed by atoms with Gasteiger partial charge in [-0.05, 0) is 5.56 Å². The van der Waals surface area contributed by atoms with Gasteiger partial charge in [-0.15, -0.1) is 0 Å². The maximum Gasteiger partial charge on any atom is 2.00 e. The minimum absolute atomic E-state index is 0. The second-order valence-electron chi connectivity index (χ2n) is 3.63. The summed E-state index contributed by atoms with van der Waals surface area (Å²) in [7, 11) is 0. The summed E-state index contributed by atoms with van der Waals surface area (Å²) >= 11 is 1.89. The minimum atomic E-state index is 0. The molecule has 0 spiro atoms. The zero-order chi connectivity index (χ0) is 9.38. The van der Waals surface area contributed by atoms with Crippen LogP contribution in [0.5, 0.6) is 0 Å². The van der Waals surface area contributed by atoms with Crippen molar-refractivity contribution in [2.24, 2.45) is 4.99 Å². The van der Waals surface area contributed by atoms with E-state index in [9.17, 15) is 0 Å². The molecule has 2 aliphatic rings. The number of rotatable bonds is 1. The monoisotopic (exact) mass is 246 g/mol. The van der Waals surface area contributed by atoms with E-state index in [1.54, 1.807) is 0 Å². The third-order valence-electron chi connectivity index (χ3n) is 2.71. The standard InChI is InChI=1S/C11H12N2S.Ca.2H/c1-2-4-9(5-3-1)10-8-13-6-7-14-11(13)12-10;;;/h1-5,10H,6-8H2;;;/q;+2;2*-1/t10-;;;/m1.../s1. The number of nitrogens with zero attached hydrogens (tertiary/aromatic N) is 2. The van der Waals surface area contributed by atoms with E-state index in [0.29, 0.717) is 6.04 Å². The van der Waals surface area contributed by atoms with E-state index in [2.05, 4.69) is 35.2 Å². The first-order chi connectivity index (χ1) is 6.93. The summed E-state index contributed by atoms with van der Waals surface area (Å²) in [6.45, 7) is 2.25. The van der Waals surface area contributed by atoms with Gasteiger partial charge >= 0.3 is 37.7 Å². The van der Waals surface area contributed by atoms with Crippen molar-refractivity contribution in [3.05, 3.63) is 35.9 Å². The van der Waals surface area contributed by atoms with Crippen LogP contribution in [0.3, 0.4) is 0 Å². The molecular formula is C11H14CaN2S. The summed E-state index contributed by atoms with van der Waals surface area (Å²) in [6, 6.07) is 10.9. The van der Waals surface area contributed by atoms with E-state index in [4.69, 9.17) is 4.99 Å². The van der Waals surface area contributed by atoms with Crippen molar-refractivity contribution in [3.8, 4) is 0 Å². The molecule has 3 rings (SSSR count). The van der Waals surface area contributed by atoms with Crippen molar-refractivity contribution in [1.29, 1.82) is 0 Å². The van der Waals surface area contributed by atoms with Crippen LogP contribution in [0.1, 0.15) is 14.5 Å². The Morgan fingerprint density at radius 3 is 2.87 bits per heavy atom.